The van der Waals surface area contributed by atoms with E-state index < -0.39 is 16.5 Å². The molecule has 2 N–H and O–H groups in total. The molecule has 7 heteroatoms. The fraction of sp³-hybridized carbons (Fsp3) is 0.125. The topological polar surface area (TPSA) is 95.5 Å². The largest absolute Gasteiger partial charge is 0.495 e. The summed E-state index contributed by atoms with van der Waals surface area (Å²) in [4.78, 5) is 20.7. The van der Waals surface area contributed by atoms with Crippen molar-refractivity contribution in [1.82, 2.24) is 0 Å². The number of nitrogens with two attached hydrogens (primary N) is 1. The second-order valence-electron chi connectivity index (χ2n) is 2.63. The normalized spacial score (nSPS) is 9.73. The molecule has 0 atom stereocenters. The number of amides is 1. The van der Waals surface area contributed by atoms with Crippen LogP contribution in [-0.2, 0) is 0 Å². The fourth-order valence-corrected chi connectivity index (χ4v) is 1.26. The molecule has 0 heterocycles. The van der Waals surface area contributed by atoms with Crippen LogP contribution in [0.5, 0.6) is 5.75 Å². The van der Waals surface area contributed by atoms with Gasteiger partial charge in [-0.15, -0.1) is 0 Å². The third-order valence-corrected chi connectivity index (χ3v) is 2.10. The van der Waals surface area contributed by atoms with Gasteiger partial charge < -0.3 is 10.5 Å². The zero-order valence-corrected chi connectivity index (χ0v) is 8.45. The van der Waals surface area contributed by atoms with E-state index in [1.165, 1.54) is 13.2 Å². The summed E-state index contributed by atoms with van der Waals surface area (Å²) in [6.45, 7) is 0. The van der Waals surface area contributed by atoms with E-state index >= 15 is 0 Å². The van der Waals surface area contributed by atoms with Gasteiger partial charge in [-0.2, -0.15) is 0 Å². The van der Waals surface area contributed by atoms with Gasteiger partial charge in [0.1, 0.15) is 5.75 Å². The monoisotopic (exact) mass is 230 g/mol. The zero-order valence-electron chi connectivity index (χ0n) is 7.69. The van der Waals surface area contributed by atoms with Crippen LogP contribution in [0.1, 0.15) is 10.4 Å². The Morgan fingerprint density at radius 2 is 2.20 bits per heavy atom. The number of rotatable bonds is 3. The summed E-state index contributed by atoms with van der Waals surface area (Å²) >= 11 is 5.66. The number of carbonyl (C=O) groups is 1. The lowest BCUT2D eigenvalue weighted by atomic mass is 10.2. The lowest BCUT2D eigenvalue weighted by Crippen LogP contribution is -2.11. The van der Waals surface area contributed by atoms with E-state index in [0.29, 0.717) is 0 Å². The number of nitro benzene ring substituents is 1. The average Bonchev–Trinajstić information content (AvgIpc) is 2.17. The summed E-state index contributed by atoms with van der Waals surface area (Å²) in [7, 11) is 1.29. The van der Waals surface area contributed by atoms with Gasteiger partial charge in [-0.25, -0.2) is 0 Å². The Labute approximate surface area is 89.7 Å². The summed E-state index contributed by atoms with van der Waals surface area (Å²) < 4.78 is 4.78. The van der Waals surface area contributed by atoms with Crippen LogP contribution < -0.4 is 10.5 Å². The van der Waals surface area contributed by atoms with Crippen molar-refractivity contribution in [3.63, 3.8) is 0 Å². The lowest BCUT2D eigenvalue weighted by Gasteiger charge is -2.05. The summed E-state index contributed by atoms with van der Waals surface area (Å²) in [5.74, 6) is -0.743. The zero-order chi connectivity index (χ0) is 11.6. The van der Waals surface area contributed by atoms with Crippen molar-refractivity contribution in [3.8, 4) is 5.75 Å². The molecule has 0 aliphatic carbocycles. The number of ether oxygens (including phenoxy) is 1. The molecule has 15 heavy (non-hydrogen) atoms. The van der Waals surface area contributed by atoms with E-state index in [1.54, 1.807) is 0 Å². The molecule has 0 fully saturated rings. The van der Waals surface area contributed by atoms with E-state index in [-0.39, 0.29) is 16.3 Å². The van der Waals surface area contributed by atoms with Crippen molar-refractivity contribution in [3.05, 3.63) is 32.8 Å². The maximum Gasteiger partial charge on any atom is 0.292 e. The molecule has 0 aliphatic rings. The van der Waals surface area contributed by atoms with Gasteiger partial charge in [0.25, 0.3) is 5.69 Å². The number of benzene rings is 1. The molecule has 1 aromatic rings. The van der Waals surface area contributed by atoms with Gasteiger partial charge in [0.2, 0.25) is 5.91 Å². The molecule has 6 nitrogen and oxygen atoms in total. The maximum absolute atomic E-state index is 10.9. The Bertz CT molecular complexity index is 433. The molecule has 80 valence electrons. The highest BCUT2D eigenvalue weighted by Gasteiger charge is 2.20. The van der Waals surface area contributed by atoms with Gasteiger partial charge in [-0.1, -0.05) is 11.6 Å². The highest BCUT2D eigenvalue weighted by Crippen LogP contribution is 2.34. The van der Waals surface area contributed by atoms with Gasteiger partial charge in [0.15, 0.2) is 5.02 Å². The van der Waals surface area contributed by atoms with Gasteiger partial charge in [-0.05, 0) is 6.07 Å². The lowest BCUT2D eigenvalue weighted by molar-refractivity contribution is -0.384. The Morgan fingerprint density at radius 1 is 1.60 bits per heavy atom. The van der Waals surface area contributed by atoms with E-state index in [9.17, 15) is 14.9 Å². The molecule has 1 aromatic carbocycles. The number of hydrogen-bond acceptors (Lipinski definition) is 4. The number of halogens is 1. The highest BCUT2D eigenvalue weighted by molar-refractivity contribution is 6.34. The van der Waals surface area contributed by atoms with E-state index in [0.717, 1.165) is 6.07 Å². The van der Waals surface area contributed by atoms with Crippen molar-refractivity contribution in [1.29, 1.82) is 0 Å². The third kappa shape index (κ3) is 2.16. The molecule has 0 aliphatic heterocycles. The SMILES string of the molecule is COc1cc(C(N)=O)cc([N+](=O)[O-])c1Cl. The van der Waals surface area contributed by atoms with Gasteiger partial charge in [0.05, 0.1) is 12.0 Å². The first-order valence-electron chi connectivity index (χ1n) is 3.79. The number of methoxy groups -OCH3 is 1. The summed E-state index contributed by atoms with van der Waals surface area (Å²) in [6, 6.07) is 2.25. The minimum absolute atomic E-state index is 0.0250. The Kier molecular flexibility index (Phi) is 3.11. The van der Waals surface area contributed by atoms with Crippen LogP contribution in [-0.4, -0.2) is 17.9 Å². The van der Waals surface area contributed by atoms with Crippen LogP contribution in [0.15, 0.2) is 12.1 Å². The summed E-state index contributed by atoms with van der Waals surface area (Å²) in [5, 5.41) is 10.4. The van der Waals surface area contributed by atoms with E-state index in [4.69, 9.17) is 22.1 Å². The molecule has 0 bridgehead atoms. The first-order chi connectivity index (χ1) is 6.97. The van der Waals surface area contributed by atoms with Gasteiger partial charge in [0, 0.05) is 11.6 Å². The molecule has 0 spiro atoms. The Morgan fingerprint density at radius 3 is 2.60 bits per heavy atom. The van der Waals surface area contributed by atoms with Crippen molar-refractivity contribution in [2.24, 2.45) is 5.73 Å². The summed E-state index contributed by atoms with van der Waals surface area (Å²) in [5.41, 5.74) is 4.56. The van der Waals surface area contributed by atoms with Crippen molar-refractivity contribution in [2.75, 3.05) is 7.11 Å². The third-order valence-electron chi connectivity index (χ3n) is 1.72. The van der Waals surface area contributed by atoms with Gasteiger partial charge >= 0.3 is 0 Å². The second-order valence-corrected chi connectivity index (χ2v) is 3.01. The van der Waals surface area contributed by atoms with Crippen LogP contribution >= 0.6 is 11.6 Å². The standard InChI is InChI=1S/C8H7ClN2O4/c1-15-6-3-4(8(10)12)2-5(7(6)9)11(13)14/h2-3H,1H3,(H2,10,12). The second kappa shape index (κ2) is 4.14. The molecule has 0 aromatic heterocycles. The highest BCUT2D eigenvalue weighted by atomic mass is 35.5. The van der Waals surface area contributed by atoms with Crippen molar-refractivity contribution in [2.45, 2.75) is 0 Å². The predicted molar refractivity (Wildman–Crippen MR) is 53.2 cm³/mol. The minimum atomic E-state index is -0.784. The molecule has 0 radical (unpaired) electrons. The van der Waals surface area contributed by atoms with Crippen molar-refractivity contribution >= 4 is 23.2 Å². The first-order valence-corrected chi connectivity index (χ1v) is 4.17. The number of primary amides is 1. The maximum atomic E-state index is 10.9. The van der Waals surface area contributed by atoms with E-state index in [2.05, 4.69) is 0 Å². The van der Waals surface area contributed by atoms with Gasteiger partial charge in [-0.3, -0.25) is 14.9 Å². The molecule has 0 saturated heterocycles. The van der Waals surface area contributed by atoms with Crippen LogP contribution in [0.3, 0.4) is 0 Å². The Balaban J connectivity index is 3.45. The summed E-state index contributed by atoms with van der Waals surface area (Å²) in [6.07, 6.45) is 0. The fourth-order valence-electron chi connectivity index (χ4n) is 1.01. The van der Waals surface area contributed by atoms with E-state index in [1.807, 2.05) is 0 Å². The molecular formula is C8H7ClN2O4. The van der Waals surface area contributed by atoms with Crippen LogP contribution in [0.4, 0.5) is 5.69 Å². The molecule has 0 saturated carbocycles. The smallest absolute Gasteiger partial charge is 0.292 e. The first kappa shape index (κ1) is 11.3. The molecule has 0 unspecified atom stereocenters. The number of nitro groups is 1. The van der Waals surface area contributed by atoms with Crippen LogP contribution in [0, 0.1) is 10.1 Å². The minimum Gasteiger partial charge on any atom is -0.495 e. The number of nitrogens with zero attached hydrogens (tertiary/aromatic N) is 1. The number of hydrogen-bond donors (Lipinski definition) is 1. The molecule has 1 rings (SSSR count). The molecule has 1 amide bonds. The Hall–Kier alpha value is -1.82. The van der Waals surface area contributed by atoms with Crippen molar-refractivity contribution < 1.29 is 14.5 Å². The molecular weight excluding hydrogens is 224 g/mol. The number of carbonyl (C=O) groups excluding carboxylic acids is 1. The quantitative estimate of drug-likeness (QED) is 0.626. The van der Waals surface area contributed by atoms with Crippen LogP contribution in [0.2, 0.25) is 5.02 Å². The van der Waals surface area contributed by atoms with Crippen LogP contribution in [0.25, 0.3) is 0 Å². The predicted octanol–water partition coefficient (Wildman–Crippen LogP) is 1.36. The average molecular weight is 231 g/mol.